The molecular formula is C26H21ClF3N7O3. The number of hydrogen-bond donors (Lipinski definition) is 0. The Morgan fingerprint density at radius 1 is 1.10 bits per heavy atom. The second-order valence-electron chi connectivity index (χ2n) is 8.80. The van der Waals surface area contributed by atoms with Crippen LogP contribution in [-0.4, -0.2) is 39.8 Å². The van der Waals surface area contributed by atoms with Crippen LogP contribution in [0.15, 0.2) is 66.0 Å². The molecule has 0 fully saturated rings. The summed E-state index contributed by atoms with van der Waals surface area (Å²) in [5.41, 5.74) is -0.102. The predicted molar refractivity (Wildman–Crippen MR) is 139 cm³/mol. The van der Waals surface area contributed by atoms with Gasteiger partial charge in [0.2, 0.25) is 5.28 Å². The van der Waals surface area contributed by atoms with Crippen LogP contribution < -0.4 is 5.56 Å². The fourth-order valence-corrected chi connectivity index (χ4v) is 4.38. The summed E-state index contributed by atoms with van der Waals surface area (Å²) in [4.78, 5) is 38.7. The minimum Gasteiger partial charge on any atom is -0.440 e. The van der Waals surface area contributed by atoms with Gasteiger partial charge in [0.15, 0.2) is 17.9 Å². The number of halogens is 4. The van der Waals surface area contributed by atoms with Crippen LogP contribution in [0.1, 0.15) is 34.8 Å². The van der Waals surface area contributed by atoms with E-state index in [1.165, 1.54) is 44.5 Å². The average Bonchev–Trinajstić information content (AvgIpc) is 3.54. The van der Waals surface area contributed by atoms with Crippen molar-refractivity contribution < 1.29 is 22.7 Å². The lowest BCUT2D eigenvalue weighted by molar-refractivity contribution is -0.137. The normalized spacial score (nSPS) is 11.7. The van der Waals surface area contributed by atoms with Gasteiger partial charge in [-0.15, -0.1) is 0 Å². The van der Waals surface area contributed by atoms with Crippen LogP contribution >= 0.6 is 11.6 Å². The molecule has 0 radical (unpaired) electrons. The summed E-state index contributed by atoms with van der Waals surface area (Å²) in [6.45, 7) is 1.85. The van der Waals surface area contributed by atoms with E-state index >= 15 is 0 Å². The molecule has 14 heteroatoms. The van der Waals surface area contributed by atoms with Crippen LogP contribution in [0, 0.1) is 0 Å². The fraction of sp³-hybridized carbons (Fsp3) is 0.231. The first-order valence-electron chi connectivity index (χ1n) is 12.1. The molecule has 0 spiro atoms. The molecule has 0 aliphatic heterocycles. The van der Waals surface area contributed by atoms with Gasteiger partial charge in [-0.2, -0.15) is 23.3 Å². The summed E-state index contributed by atoms with van der Waals surface area (Å²) < 4.78 is 49.0. The number of rotatable bonds is 8. The Kier molecular flexibility index (Phi) is 7.39. The van der Waals surface area contributed by atoms with Gasteiger partial charge in [-0.25, -0.2) is 9.78 Å². The molecule has 0 saturated heterocycles. The van der Waals surface area contributed by atoms with Gasteiger partial charge in [-0.05, 0) is 47.9 Å². The molecule has 0 amide bonds. The van der Waals surface area contributed by atoms with Gasteiger partial charge in [0.05, 0.1) is 29.4 Å². The topological polar surface area (TPSA) is 110 Å². The molecule has 0 saturated carbocycles. The Balaban J connectivity index is 1.53. The Labute approximate surface area is 229 Å². The van der Waals surface area contributed by atoms with E-state index in [2.05, 4.69) is 20.1 Å². The summed E-state index contributed by atoms with van der Waals surface area (Å²) in [6, 6.07) is 8.06. The molecule has 0 atom stereocenters. The highest BCUT2D eigenvalue weighted by molar-refractivity contribution is 6.28. The molecule has 0 unspecified atom stereocenters. The van der Waals surface area contributed by atoms with Crippen LogP contribution in [0.3, 0.4) is 0 Å². The molecule has 0 bridgehead atoms. The van der Waals surface area contributed by atoms with Crippen molar-refractivity contribution in [2.45, 2.75) is 39.3 Å². The lowest BCUT2D eigenvalue weighted by Gasteiger charge is -2.11. The SMILES string of the molecule is CCCn1c(Cl)nc2nc(-c3cnn(Cc4cccc(C(F)(F)F)c4)c3)n(COC(=O)c3cccnc3)c2c1=O. The standard InChI is InChI=1S/C26H21ClF3N7O3/c1-2-9-36-23(38)20-21(34-25(36)27)33-22(37(20)15-40-24(39)17-6-4-8-31-11-17)18-12-32-35(14-18)13-16-5-3-7-19(10-16)26(28,29)30/h3-8,10-12,14H,2,9,13,15H2,1H3. The van der Waals surface area contributed by atoms with Crippen molar-refractivity contribution in [1.29, 1.82) is 0 Å². The third-order valence-corrected chi connectivity index (χ3v) is 6.27. The van der Waals surface area contributed by atoms with E-state index in [1.807, 2.05) is 6.92 Å². The molecule has 5 rings (SSSR count). The third-order valence-electron chi connectivity index (χ3n) is 5.98. The quantitative estimate of drug-likeness (QED) is 0.194. The van der Waals surface area contributed by atoms with Crippen molar-refractivity contribution >= 4 is 28.7 Å². The van der Waals surface area contributed by atoms with E-state index in [0.717, 1.165) is 12.1 Å². The van der Waals surface area contributed by atoms with Crippen LogP contribution in [0.25, 0.3) is 22.6 Å². The first-order valence-corrected chi connectivity index (χ1v) is 12.5. The maximum absolute atomic E-state index is 13.4. The van der Waals surface area contributed by atoms with Crippen molar-refractivity contribution in [1.82, 2.24) is 33.9 Å². The predicted octanol–water partition coefficient (Wildman–Crippen LogP) is 4.80. The summed E-state index contributed by atoms with van der Waals surface area (Å²) in [7, 11) is 0. The van der Waals surface area contributed by atoms with Crippen molar-refractivity contribution in [3.63, 3.8) is 0 Å². The molecule has 4 aromatic heterocycles. The second-order valence-corrected chi connectivity index (χ2v) is 9.14. The number of nitrogens with zero attached hydrogens (tertiary/aromatic N) is 7. The molecule has 10 nitrogen and oxygen atoms in total. The highest BCUT2D eigenvalue weighted by Gasteiger charge is 2.30. The Morgan fingerprint density at radius 3 is 2.65 bits per heavy atom. The Bertz CT molecular complexity index is 1750. The number of ether oxygens (including phenoxy) is 1. The first kappa shape index (κ1) is 27.1. The van der Waals surface area contributed by atoms with Crippen molar-refractivity contribution in [2.75, 3.05) is 0 Å². The van der Waals surface area contributed by atoms with Gasteiger partial charge in [0.1, 0.15) is 5.82 Å². The van der Waals surface area contributed by atoms with E-state index in [1.54, 1.807) is 18.3 Å². The molecule has 206 valence electrons. The van der Waals surface area contributed by atoms with Gasteiger partial charge in [-0.1, -0.05) is 19.1 Å². The molecule has 0 N–H and O–H groups in total. The number of imidazole rings is 1. The van der Waals surface area contributed by atoms with Crippen molar-refractivity contribution in [3.05, 3.63) is 93.5 Å². The van der Waals surface area contributed by atoms with E-state index in [0.29, 0.717) is 24.1 Å². The summed E-state index contributed by atoms with van der Waals surface area (Å²) in [5.74, 6) is -0.462. The number of fused-ring (bicyclic) bond motifs is 1. The number of alkyl halides is 3. The van der Waals surface area contributed by atoms with Crippen molar-refractivity contribution in [2.24, 2.45) is 0 Å². The van der Waals surface area contributed by atoms with Gasteiger partial charge >= 0.3 is 12.1 Å². The lowest BCUT2D eigenvalue weighted by atomic mass is 10.1. The van der Waals surface area contributed by atoms with Crippen LogP contribution in [0.4, 0.5) is 13.2 Å². The number of carbonyl (C=O) groups is 1. The third kappa shape index (κ3) is 5.45. The number of benzene rings is 1. The summed E-state index contributed by atoms with van der Waals surface area (Å²) in [6.07, 6.45) is 2.02. The summed E-state index contributed by atoms with van der Waals surface area (Å²) in [5, 5.41) is 4.22. The molecule has 0 aliphatic carbocycles. The second kappa shape index (κ2) is 10.9. The minimum atomic E-state index is -4.47. The van der Waals surface area contributed by atoms with Gasteiger partial charge in [0, 0.05) is 25.1 Å². The molecule has 4 heterocycles. The minimum absolute atomic E-state index is 0.0388. The molecule has 1 aromatic carbocycles. The first-order chi connectivity index (χ1) is 19.2. The molecule has 0 aliphatic rings. The van der Waals surface area contributed by atoms with Crippen LogP contribution in [-0.2, 0) is 30.7 Å². The van der Waals surface area contributed by atoms with E-state index in [4.69, 9.17) is 16.3 Å². The smallest absolute Gasteiger partial charge is 0.416 e. The monoisotopic (exact) mass is 571 g/mol. The number of pyridine rings is 1. The van der Waals surface area contributed by atoms with E-state index in [-0.39, 0.29) is 41.1 Å². The summed E-state index contributed by atoms with van der Waals surface area (Å²) >= 11 is 6.26. The van der Waals surface area contributed by atoms with Crippen molar-refractivity contribution in [3.8, 4) is 11.4 Å². The van der Waals surface area contributed by atoms with Gasteiger partial charge < -0.3 is 4.74 Å². The molecular weight excluding hydrogens is 551 g/mol. The molecule has 40 heavy (non-hydrogen) atoms. The maximum atomic E-state index is 13.4. The number of carbonyl (C=O) groups excluding carboxylic acids is 1. The molecule has 5 aromatic rings. The van der Waals surface area contributed by atoms with Gasteiger partial charge in [-0.3, -0.25) is 23.6 Å². The lowest BCUT2D eigenvalue weighted by Crippen LogP contribution is -2.24. The largest absolute Gasteiger partial charge is 0.440 e. The number of hydrogen-bond acceptors (Lipinski definition) is 7. The van der Waals surface area contributed by atoms with Crippen LogP contribution in [0.5, 0.6) is 0 Å². The zero-order valence-electron chi connectivity index (χ0n) is 21.0. The van der Waals surface area contributed by atoms with E-state index in [9.17, 15) is 22.8 Å². The number of aromatic nitrogens is 7. The van der Waals surface area contributed by atoms with Gasteiger partial charge in [0.25, 0.3) is 5.56 Å². The highest BCUT2D eigenvalue weighted by atomic mass is 35.5. The average molecular weight is 572 g/mol. The van der Waals surface area contributed by atoms with E-state index < -0.39 is 23.3 Å². The Morgan fingerprint density at radius 2 is 1.93 bits per heavy atom. The number of esters is 1. The zero-order valence-corrected chi connectivity index (χ0v) is 21.7. The fourth-order valence-electron chi connectivity index (χ4n) is 4.14. The Hall–Kier alpha value is -4.52. The zero-order chi connectivity index (χ0) is 28.4. The maximum Gasteiger partial charge on any atom is 0.416 e. The highest BCUT2D eigenvalue weighted by Crippen LogP contribution is 2.30. The van der Waals surface area contributed by atoms with Crippen LogP contribution in [0.2, 0.25) is 5.28 Å².